The second-order valence-electron chi connectivity index (χ2n) is 5.49. The topological polar surface area (TPSA) is 79.8 Å². The number of aryl methyl sites for hydroxylation is 1. The molecule has 1 aromatic carbocycles. The Labute approximate surface area is 145 Å². The van der Waals surface area contributed by atoms with Gasteiger partial charge in [-0.1, -0.05) is 24.6 Å². The second kappa shape index (κ2) is 10.2. The molecular weight excluding hydrogens is 326 g/mol. The third-order valence-corrected chi connectivity index (χ3v) is 5.26. The Morgan fingerprint density at radius 1 is 1.25 bits per heavy atom. The van der Waals surface area contributed by atoms with Crippen molar-refractivity contribution in [2.75, 3.05) is 38.2 Å². The lowest BCUT2D eigenvalue weighted by atomic mass is 10.1. The first-order chi connectivity index (χ1) is 11.4. The zero-order valence-corrected chi connectivity index (χ0v) is 15.9. The van der Waals surface area contributed by atoms with E-state index in [0.29, 0.717) is 12.5 Å². The summed E-state index contributed by atoms with van der Waals surface area (Å²) in [4.78, 5) is 4.32. The van der Waals surface area contributed by atoms with Gasteiger partial charge in [0.15, 0.2) is 15.8 Å². The van der Waals surface area contributed by atoms with Gasteiger partial charge in [-0.3, -0.25) is 4.99 Å². The minimum atomic E-state index is -2.99. The number of aliphatic imine (C=N–C) groups is 1. The number of methoxy groups -OCH3 is 1. The summed E-state index contributed by atoms with van der Waals surface area (Å²) in [7, 11) is -1.32. The van der Waals surface area contributed by atoms with Crippen molar-refractivity contribution in [2.45, 2.75) is 27.2 Å². The molecule has 24 heavy (non-hydrogen) atoms. The molecule has 136 valence electrons. The fraction of sp³-hybridized carbons (Fsp3) is 0.588. The summed E-state index contributed by atoms with van der Waals surface area (Å²) in [6.45, 7) is 7.35. The van der Waals surface area contributed by atoms with Gasteiger partial charge in [-0.15, -0.1) is 0 Å². The number of hydrogen-bond donors (Lipinski definition) is 2. The number of sulfone groups is 1. The van der Waals surface area contributed by atoms with Crippen LogP contribution in [0.1, 0.15) is 25.0 Å². The third-order valence-electron chi connectivity index (χ3n) is 3.58. The Morgan fingerprint density at radius 2 is 2.00 bits per heavy atom. The number of nitrogens with one attached hydrogen (secondary N) is 2. The van der Waals surface area contributed by atoms with Crippen LogP contribution in [0, 0.1) is 6.92 Å². The zero-order chi connectivity index (χ0) is 18.0. The quantitative estimate of drug-likeness (QED) is 0.519. The Balaban J connectivity index is 2.59. The SMILES string of the molecule is CCNC(=NCCS(=O)(=O)CC)NCCc1cc(C)ccc1OC. The van der Waals surface area contributed by atoms with E-state index in [1.54, 1.807) is 14.0 Å². The van der Waals surface area contributed by atoms with Crippen molar-refractivity contribution in [3.8, 4) is 5.75 Å². The molecule has 1 rings (SSSR count). The average Bonchev–Trinajstić information content (AvgIpc) is 2.55. The van der Waals surface area contributed by atoms with E-state index in [1.807, 2.05) is 19.1 Å². The summed E-state index contributed by atoms with van der Waals surface area (Å²) in [6, 6.07) is 6.10. The van der Waals surface area contributed by atoms with Crippen LogP contribution in [0.3, 0.4) is 0 Å². The predicted molar refractivity (Wildman–Crippen MR) is 99.7 cm³/mol. The van der Waals surface area contributed by atoms with Crippen molar-refractivity contribution in [3.63, 3.8) is 0 Å². The van der Waals surface area contributed by atoms with Crippen LogP contribution in [-0.4, -0.2) is 52.6 Å². The minimum Gasteiger partial charge on any atom is -0.496 e. The molecular formula is C17H29N3O3S. The van der Waals surface area contributed by atoms with Crippen molar-refractivity contribution in [1.82, 2.24) is 10.6 Å². The summed E-state index contributed by atoms with van der Waals surface area (Å²) >= 11 is 0. The largest absolute Gasteiger partial charge is 0.496 e. The van der Waals surface area contributed by atoms with Crippen molar-refractivity contribution >= 4 is 15.8 Å². The first kappa shape index (κ1) is 20.3. The molecule has 0 aliphatic rings. The molecule has 0 spiro atoms. The lowest BCUT2D eigenvalue weighted by Crippen LogP contribution is -2.38. The first-order valence-electron chi connectivity index (χ1n) is 8.28. The van der Waals surface area contributed by atoms with Crippen molar-refractivity contribution in [2.24, 2.45) is 4.99 Å². The molecule has 0 amide bonds. The van der Waals surface area contributed by atoms with Crippen molar-refractivity contribution in [3.05, 3.63) is 29.3 Å². The van der Waals surface area contributed by atoms with Crippen molar-refractivity contribution < 1.29 is 13.2 Å². The molecule has 0 radical (unpaired) electrons. The van der Waals surface area contributed by atoms with Crippen LogP contribution < -0.4 is 15.4 Å². The van der Waals surface area contributed by atoms with Gasteiger partial charge < -0.3 is 15.4 Å². The number of ether oxygens (including phenoxy) is 1. The zero-order valence-electron chi connectivity index (χ0n) is 15.1. The number of rotatable bonds is 9. The van der Waals surface area contributed by atoms with Gasteiger partial charge in [0.2, 0.25) is 0 Å². The molecule has 0 heterocycles. The van der Waals surface area contributed by atoms with Crippen LogP contribution in [0.15, 0.2) is 23.2 Å². The molecule has 7 heteroatoms. The standard InChI is InChI=1S/C17H29N3O3S/c1-5-18-17(20-11-12-24(21,22)6-2)19-10-9-15-13-14(3)7-8-16(15)23-4/h7-8,13H,5-6,9-12H2,1-4H3,(H2,18,19,20). The summed E-state index contributed by atoms with van der Waals surface area (Å²) in [5.41, 5.74) is 2.32. The molecule has 0 bridgehead atoms. The average molecular weight is 356 g/mol. The lowest BCUT2D eigenvalue weighted by Gasteiger charge is -2.13. The van der Waals surface area contributed by atoms with E-state index in [0.717, 1.165) is 24.3 Å². The smallest absolute Gasteiger partial charge is 0.191 e. The highest BCUT2D eigenvalue weighted by atomic mass is 32.2. The van der Waals surface area contributed by atoms with E-state index in [-0.39, 0.29) is 18.1 Å². The van der Waals surface area contributed by atoms with Crippen molar-refractivity contribution in [1.29, 1.82) is 0 Å². The minimum absolute atomic E-state index is 0.0752. The van der Waals surface area contributed by atoms with E-state index in [2.05, 4.69) is 28.6 Å². The summed E-state index contributed by atoms with van der Waals surface area (Å²) in [6.07, 6.45) is 0.794. The van der Waals surface area contributed by atoms with Crippen LogP contribution in [-0.2, 0) is 16.3 Å². The molecule has 0 aliphatic heterocycles. The van der Waals surface area contributed by atoms with Crippen LogP contribution in [0.2, 0.25) is 0 Å². The monoisotopic (exact) mass is 355 g/mol. The Bertz CT molecular complexity index is 642. The van der Waals surface area contributed by atoms with Crippen LogP contribution in [0.5, 0.6) is 5.75 Å². The van der Waals surface area contributed by atoms with Gasteiger partial charge in [0.05, 0.1) is 19.4 Å². The molecule has 0 saturated carbocycles. The Morgan fingerprint density at radius 3 is 2.62 bits per heavy atom. The van der Waals surface area contributed by atoms with Gasteiger partial charge in [0.25, 0.3) is 0 Å². The highest BCUT2D eigenvalue weighted by Gasteiger charge is 2.07. The third kappa shape index (κ3) is 7.21. The fourth-order valence-corrected chi connectivity index (χ4v) is 2.86. The molecule has 0 unspecified atom stereocenters. The maximum atomic E-state index is 11.5. The van der Waals surface area contributed by atoms with E-state index in [1.165, 1.54) is 5.56 Å². The maximum absolute atomic E-state index is 11.5. The summed E-state index contributed by atoms with van der Waals surface area (Å²) < 4.78 is 28.4. The summed E-state index contributed by atoms with van der Waals surface area (Å²) in [5.74, 6) is 1.74. The lowest BCUT2D eigenvalue weighted by molar-refractivity contribution is 0.409. The molecule has 0 saturated heterocycles. The molecule has 0 fully saturated rings. The fourth-order valence-electron chi connectivity index (χ4n) is 2.20. The Kier molecular flexibility index (Phi) is 8.60. The van der Waals surface area contributed by atoms with Crippen LogP contribution in [0.4, 0.5) is 0 Å². The van der Waals surface area contributed by atoms with E-state index < -0.39 is 9.84 Å². The van der Waals surface area contributed by atoms with E-state index in [9.17, 15) is 8.42 Å². The van der Waals surface area contributed by atoms with Gasteiger partial charge in [-0.2, -0.15) is 0 Å². The molecule has 0 aromatic heterocycles. The highest BCUT2D eigenvalue weighted by molar-refractivity contribution is 7.91. The number of nitrogens with zero attached hydrogens (tertiary/aromatic N) is 1. The Hall–Kier alpha value is -1.76. The van der Waals surface area contributed by atoms with Gasteiger partial charge in [0, 0.05) is 18.8 Å². The summed E-state index contributed by atoms with van der Waals surface area (Å²) in [5, 5.41) is 6.36. The molecule has 2 N–H and O–H groups in total. The van der Waals surface area contributed by atoms with Gasteiger partial charge in [-0.05, 0) is 31.9 Å². The number of guanidine groups is 1. The normalized spacial score (nSPS) is 12.1. The molecule has 1 aromatic rings. The van der Waals surface area contributed by atoms with Crippen LogP contribution in [0.25, 0.3) is 0 Å². The van der Waals surface area contributed by atoms with E-state index >= 15 is 0 Å². The van der Waals surface area contributed by atoms with Gasteiger partial charge >= 0.3 is 0 Å². The van der Waals surface area contributed by atoms with Gasteiger partial charge in [0.1, 0.15) is 5.75 Å². The second-order valence-corrected chi connectivity index (χ2v) is 7.96. The van der Waals surface area contributed by atoms with Crippen LogP contribution >= 0.6 is 0 Å². The molecule has 0 atom stereocenters. The number of benzene rings is 1. The van der Waals surface area contributed by atoms with Gasteiger partial charge in [-0.25, -0.2) is 8.42 Å². The molecule has 0 aliphatic carbocycles. The molecule has 6 nitrogen and oxygen atoms in total. The maximum Gasteiger partial charge on any atom is 0.191 e. The highest BCUT2D eigenvalue weighted by Crippen LogP contribution is 2.19. The number of hydrogen-bond acceptors (Lipinski definition) is 4. The first-order valence-corrected chi connectivity index (χ1v) is 10.1. The van der Waals surface area contributed by atoms with E-state index in [4.69, 9.17) is 4.74 Å². The predicted octanol–water partition coefficient (Wildman–Crippen LogP) is 1.54.